The van der Waals surface area contributed by atoms with E-state index in [2.05, 4.69) is 29.3 Å². The number of amides is 1. The molecular formula is C22H23N3O2. The van der Waals surface area contributed by atoms with Crippen molar-refractivity contribution in [3.8, 4) is 16.9 Å². The van der Waals surface area contributed by atoms with Gasteiger partial charge < -0.3 is 15.3 Å². The summed E-state index contributed by atoms with van der Waals surface area (Å²) < 4.78 is 0. The molecule has 5 heteroatoms. The summed E-state index contributed by atoms with van der Waals surface area (Å²) >= 11 is 0. The Balaban J connectivity index is 1.48. The van der Waals surface area contributed by atoms with Gasteiger partial charge in [-0.05, 0) is 68.4 Å². The van der Waals surface area contributed by atoms with Gasteiger partial charge in [0.05, 0.1) is 0 Å². The smallest absolute Gasteiger partial charge is 0.251 e. The van der Waals surface area contributed by atoms with Gasteiger partial charge in [0.25, 0.3) is 5.91 Å². The zero-order chi connectivity index (χ0) is 19.0. The molecule has 5 nitrogen and oxygen atoms in total. The number of rotatable bonds is 4. The van der Waals surface area contributed by atoms with E-state index in [9.17, 15) is 9.90 Å². The van der Waals surface area contributed by atoms with Crippen LogP contribution in [0.2, 0.25) is 0 Å². The first-order valence-corrected chi connectivity index (χ1v) is 9.17. The molecule has 3 aromatic rings. The molecular weight excluding hydrogens is 338 g/mol. The summed E-state index contributed by atoms with van der Waals surface area (Å²) in [6.45, 7) is 0. The number of nitrogens with zero attached hydrogens (tertiary/aromatic N) is 2. The van der Waals surface area contributed by atoms with Crippen molar-refractivity contribution in [3.63, 3.8) is 0 Å². The molecule has 0 bridgehead atoms. The average molecular weight is 361 g/mol. The molecule has 0 atom stereocenters. The Kier molecular flexibility index (Phi) is 4.54. The fourth-order valence-corrected chi connectivity index (χ4v) is 3.55. The number of nitrogens with one attached hydrogen (secondary N) is 1. The second-order valence-electron chi connectivity index (χ2n) is 7.41. The second kappa shape index (κ2) is 7.00. The number of pyridine rings is 1. The molecule has 2 aromatic carbocycles. The Hall–Kier alpha value is -2.92. The monoisotopic (exact) mass is 361 g/mol. The number of benzene rings is 2. The standard InChI is InChI=1S/C22H23N3O2/c1-25(2)19-12-18(13-19)24-22(27)15-7-5-14(6-8-15)17-10-16-4-3-9-23-21(16)20(26)11-17/h3-11,18-19,26H,12-13H2,1-2H3,(H,24,27). The van der Waals surface area contributed by atoms with E-state index in [1.165, 1.54) is 0 Å². The average Bonchev–Trinajstić information content (AvgIpc) is 2.64. The van der Waals surface area contributed by atoms with Crippen molar-refractivity contribution >= 4 is 16.8 Å². The van der Waals surface area contributed by atoms with E-state index in [0.717, 1.165) is 29.4 Å². The van der Waals surface area contributed by atoms with E-state index < -0.39 is 0 Å². The molecule has 0 aliphatic heterocycles. The minimum atomic E-state index is -0.0330. The van der Waals surface area contributed by atoms with Gasteiger partial charge in [-0.1, -0.05) is 18.2 Å². The first-order valence-electron chi connectivity index (χ1n) is 9.17. The van der Waals surface area contributed by atoms with Crippen molar-refractivity contribution in [1.82, 2.24) is 15.2 Å². The van der Waals surface area contributed by atoms with Crippen LogP contribution < -0.4 is 5.32 Å². The maximum absolute atomic E-state index is 12.4. The zero-order valence-corrected chi connectivity index (χ0v) is 15.5. The SMILES string of the molecule is CN(C)C1CC(NC(=O)c2ccc(-c3cc(O)c4ncccc4c3)cc2)C1. The summed E-state index contributed by atoms with van der Waals surface area (Å²) in [7, 11) is 4.14. The van der Waals surface area contributed by atoms with Crippen LogP contribution in [0.15, 0.2) is 54.7 Å². The Labute approximate surface area is 158 Å². The molecule has 1 fully saturated rings. The number of hydrogen-bond acceptors (Lipinski definition) is 4. The van der Waals surface area contributed by atoms with Crippen molar-refractivity contribution in [2.24, 2.45) is 0 Å². The third kappa shape index (κ3) is 3.51. The summed E-state index contributed by atoms with van der Waals surface area (Å²) in [5.41, 5.74) is 3.09. The molecule has 1 aromatic heterocycles. The summed E-state index contributed by atoms with van der Waals surface area (Å²) in [6.07, 6.45) is 3.67. The van der Waals surface area contributed by atoms with Gasteiger partial charge in [0.15, 0.2) is 0 Å². The van der Waals surface area contributed by atoms with Crippen molar-refractivity contribution < 1.29 is 9.90 Å². The van der Waals surface area contributed by atoms with Crippen LogP contribution in [0.25, 0.3) is 22.0 Å². The van der Waals surface area contributed by atoms with Crippen molar-refractivity contribution in [2.75, 3.05) is 14.1 Å². The lowest BCUT2D eigenvalue weighted by Crippen LogP contribution is -2.51. The third-order valence-corrected chi connectivity index (χ3v) is 5.34. The van der Waals surface area contributed by atoms with E-state index >= 15 is 0 Å². The van der Waals surface area contributed by atoms with E-state index in [-0.39, 0.29) is 17.7 Å². The van der Waals surface area contributed by atoms with Gasteiger partial charge in [-0.25, -0.2) is 0 Å². The minimum Gasteiger partial charge on any atom is -0.506 e. The predicted octanol–water partition coefficient (Wildman–Crippen LogP) is 3.43. The van der Waals surface area contributed by atoms with Crippen LogP contribution in [0.4, 0.5) is 0 Å². The lowest BCUT2D eigenvalue weighted by Gasteiger charge is -2.39. The number of phenols is 1. The summed E-state index contributed by atoms with van der Waals surface area (Å²) in [4.78, 5) is 18.8. The molecule has 1 saturated carbocycles. The molecule has 1 aliphatic carbocycles. The highest BCUT2D eigenvalue weighted by atomic mass is 16.3. The molecule has 4 rings (SSSR count). The number of carbonyl (C=O) groups is 1. The fraction of sp³-hybridized carbons (Fsp3) is 0.273. The summed E-state index contributed by atoms with van der Waals surface area (Å²) in [5.74, 6) is 0.125. The molecule has 0 radical (unpaired) electrons. The maximum atomic E-state index is 12.4. The molecule has 0 unspecified atom stereocenters. The van der Waals surface area contributed by atoms with E-state index in [1.54, 1.807) is 12.3 Å². The van der Waals surface area contributed by atoms with Crippen LogP contribution >= 0.6 is 0 Å². The third-order valence-electron chi connectivity index (χ3n) is 5.34. The van der Waals surface area contributed by atoms with Crippen molar-refractivity contribution in [2.45, 2.75) is 24.9 Å². The molecule has 27 heavy (non-hydrogen) atoms. The van der Waals surface area contributed by atoms with Crippen LogP contribution in [0.3, 0.4) is 0 Å². The highest BCUT2D eigenvalue weighted by molar-refractivity contribution is 5.95. The topological polar surface area (TPSA) is 65.5 Å². The molecule has 1 amide bonds. The number of aromatic nitrogens is 1. The largest absolute Gasteiger partial charge is 0.506 e. The van der Waals surface area contributed by atoms with Gasteiger partial charge >= 0.3 is 0 Å². The first kappa shape index (κ1) is 17.5. The number of fused-ring (bicyclic) bond motifs is 1. The lowest BCUT2D eigenvalue weighted by atomic mass is 9.86. The molecule has 138 valence electrons. The van der Waals surface area contributed by atoms with E-state index in [1.807, 2.05) is 42.5 Å². The van der Waals surface area contributed by atoms with Gasteiger partial charge in [-0.3, -0.25) is 9.78 Å². The molecule has 0 spiro atoms. The highest BCUT2D eigenvalue weighted by Gasteiger charge is 2.31. The molecule has 0 saturated heterocycles. The number of carbonyl (C=O) groups excluding carboxylic acids is 1. The Morgan fingerprint density at radius 2 is 1.85 bits per heavy atom. The van der Waals surface area contributed by atoms with Gasteiger partial charge in [-0.2, -0.15) is 0 Å². The van der Waals surface area contributed by atoms with Crippen LogP contribution in [0, 0.1) is 0 Å². The lowest BCUT2D eigenvalue weighted by molar-refractivity contribution is 0.0854. The number of hydrogen-bond donors (Lipinski definition) is 2. The maximum Gasteiger partial charge on any atom is 0.251 e. The number of aromatic hydroxyl groups is 1. The van der Waals surface area contributed by atoms with Crippen LogP contribution in [0.5, 0.6) is 5.75 Å². The molecule has 1 aliphatic rings. The predicted molar refractivity (Wildman–Crippen MR) is 107 cm³/mol. The Morgan fingerprint density at radius 1 is 1.11 bits per heavy atom. The first-order chi connectivity index (χ1) is 13.0. The van der Waals surface area contributed by atoms with Gasteiger partial charge in [0.1, 0.15) is 11.3 Å². The summed E-state index contributed by atoms with van der Waals surface area (Å²) in [5, 5.41) is 14.2. The Bertz CT molecular complexity index is 977. The summed E-state index contributed by atoms with van der Waals surface area (Å²) in [6, 6.07) is 15.8. The normalized spacial score (nSPS) is 19.1. The molecule has 1 heterocycles. The van der Waals surface area contributed by atoms with Crippen LogP contribution in [-0.4, -0.2) is 47.1 Å². The number of phenolic OH excluding ortho intramolecular Hbond substituents is 1. The second-order valence-corrected chi connectivity index (χ2v) is 7.41. The minimum absolute atomic E-state index is 0.0330. The fourth-order valence-electron chi connectivity index (χ4n) is 3.55. The molecule has 2 N–H and O–H groups in total. The quantitative estimate of drug-likeness (QED) is 0.747. The van der Waals surface area contributed by atoms with E-state index in [0.29, 0.717) is 17.1 Å². The van der Waals surface area contributed by atoms with E-state index in [4.69, 9.17) is 0 Å². The highest BCUT2D eigenvalue weighted by Crippen LogP contribution is 2.30. The van der Waals surface area contributed by atoms with Crippen LogP contribution in [0.1, 0.15) is 23.2 Å². The van der Waals surface area contributed by atoms with Crippen molar-refractivity contribution in [1.29, 1.82) is 0 Å². The zero-order valence-electron chi connectivity index (χ0n) is 15.5. The Morgan fingerprint density at radius 3 is 2.56 bits per heavy atom. The van der Waals surface area contributed by atoms with Crippen molar-refractivity contribution in [3.05, 3.63) is 60.3 Å². The van der Waals surface area contributed by atoms with Gasteiger partial charge in [0, 0.05) is 29.2 Å². The van der Waals surface area contributed by atoms with Gasteiger partial charge in [-0.15, -0.1) is 0 Å². The van der Waals surface area contributed by atoms with Gasteiger partial charge in [0.2, 0.25) is 0 Å². The van der Waals surface area contributed by atoms with Crippen LogP contribution in [-0.2, 0) is 0 Å².